The fraction of sp³-hybridized carbons (Fsp3) is 0.759. The maximum Gasteiger partial charge on any atom is 0.481 e. The molecule has 1 aromatic heterocycles. The summed E-state index contributed by atoms with van der Waals surface area (Å²) in [6.45, 7) is 14.5. The van der Waals surface area contributed by atoms with Gasteiger partial charge in [-0.1, -0.05) is 47.1 Å². The number of carbonyl (C=O) groups is 2. The zero-order chi connectivity index (χ0) is 28.5. The van der Waals surface area contributed by atoms with Gasteiger partial charge in [0.2, 0.25) is 11.8 Å². The van der Waals surface area contributed by atoms with E-state index in [4.69, 9.17) is 14.0 Å². The molecule has 0 aromatic carbocycles. The van der Waals surface area contributed by atoms with Crippen LogP contribution in [-0.2, 0) is 20.5 Å². The molecular formula is C29H46BN3O6. The molecule has 5 rings (SSSR count). The van der Waals surface area contributed by atoms with Crippen LogP contribution in [0.1, 0.15) is 86.3 Å². The van der Waals surface area contributed by atoms with Gasteiger partial charge in [0.1, 0.15) is 6.04 Å². The lowest BCUT2D eigenvalue weighted by atomic mass is 9.43. The molecule has 216 valence electrons. The van der Waals surface area contributed by atoms with E-state index in [1.807, 2.05) is 6.07 Å². The smallest absolute Gasteiger partial charge is 0.404 e. The summed E-state index contributed by atoms with van der Waals surface area (Å²) in [7, 11) is -0.599. The number of pyridine rings is 1. The molecule has 3 aliphatic carbocycles. The number of unbranched alkanes of at least 4 members (excludes halogenated alkanes) is 1. The van der Waals surface area contributed by atoms with Crippen LogP contribution in [0.15, 0.2) is 18.2 Å². The highest BCUT2D eigenvalue weighted by Gasteiger charge is 2.68. The second-order valence-electron chi connectivity index (χ2n) is 12.9. The quantitative estimate of drug-likeness (QED) is 0.360. The van der Waals surface area contributed by atoms with E-state index in [1.54, 1.807) is 12.1 Å². The van der Waals surface area contributed by atoms with Crippen molar-refractivity contribution in [1.82, 2.24) is 15.6 Å². The summed E-state index contributed by atoms with van der Waals surface area (Å²) in [5.74, 6) is 0.485. The first-order valence-electron chi connectivity index (χ1n) is 14.6. The number of nitrogens with one attached hydrogen (secondary N) is 2. The third kappa shape index (κ3) is 6.28. The maximum atomic E-state index is 13.4. The summed E-state index contributed by atoms with van der Waals surface area (Å²) in [5, 5.41) is 15.9. The lowest BCUT2D eigenvalue weighted by Crippen LogP contribution is -2.65. The van der Waals surface area contributed by atoms with E-state index >= 15 is 0 Å². The number of aryl methyl sites for hydroxylation is 1. The fourth-order valence-electron chi connectivity index (χ4n) is 6.76. The zero-order valence-corrected chi connectivity index (χ0v) is 24.5. The third-order valence-corrected chi connectivity index (χ3v) is 9.15. The van der Waals surface area contributed by atoms with Gasteiger partial charge in [-0.2, -0.15) is 0 Å². The van der Waals surface area contributed by atoms with Gasteiger partial charge in [-0.25, -0.2) is 9.78 Å². The van der Waals surface area contributed by atoms with Crippen LogP contribution in [0.4, 0.5) is 4.79 Å². The highest BCUT2D eigenvalue weighted by molar-refractivity contribution is 6.48. The Morgan fingerprint density at radius 2 is 1.95 bits per heavy atom. The summed E-state index contributed by atoms with van der Waals surface area (Å²) < 4.78 is 18.4. The normalized spacial score (nSPS) is 29.2. The minimum atomic E-state index is -1.22. The number of amides is 2. The Morgan fingerprint density at radius 1 is 1.21 bits per heavy atom. The van der Waals surface area contributed by atoms with Crippen LogP contribution in [0.2, 0.25) is 0 Å². The first-order chi connectivity index (χ1) is 18.3. The molecule has 0 unspecified atom stereocenters. The van der Waals surface area contributed by atoms with Gasteiger partial charge in [0, 0.05) is 11.8 Å². The predicted molar refractivity (Wildman–Crippen MR) is 149 cm³/mol. The van der Waals surface area contributed by atoms with Gasteiger partial charge < -0.3 is 29.8 Å². The van der Waals surface area contributed by atoms with Gasteiger partial charge in [-0.3, -0.25) is 4.79 Å². The van der Waals surface area contributed by atoms with Crippen molar-refractivity contribution >= 4 is 19.1 Å². The molecule has 0 spiro atoms. The van der Waals surface area contributed by atoms with E-state index in [2.05, 4.69) is 57.2 Å². The number of hydrogen-bond donors (Lipinski definition) is 3. The van der Waals surface area contributed by atoms with Crippen LogP contribution in [0.5, 0.6) is 5.88 Å². The average Bonchev–Trinajstić information content (AvgIpc) is 3.22. The van der Waals surface area contributed by atoms with Crippen LogP contribution >= 0.6 is 0 Å². The lowest BCUT2D eigenvalue weighted by Gasteiger charge is -2.64. The van der Waals surface area contributed by atoms with Crippen molar-refractivity contribution in [2.45, 2.75) is 117 Å². The number of nitrogens with zero attached hydrogens (tertiary/aromatic N) is 1. The number of rotatable bonds is 11. The first-order valence-corrected chi connectivity index (χ1v) is 14.6. The van der Waals surface area contributed by atoms with Crippen molar-refractivity contribution in [2.24, 2.45) is 23.2 Å². The van der Waals surface area contributed by atoms with Crippen molar-refractivity contribution < 1.29 is 28.7 Å². The van der Waals surface area contributed by atoms with Gasteiger partial charge in [-0.05, 0) is 75.2 Å². The Morgan fingerprint density at radius 3 is 2.59 bits per heavy atom. The van der Waals surface area contributed by atoms with Gasteiger partial charge in [0.15, 0.2) is 0 Å². The molecule has 3 N–H and O–H groups in total. The second-order valence-corrected chi connectivity index (χ2v) is 12.9. The Labute approximate surface area is 233 Å². The minimum Gasteiger partial charge on any atom is -0.404 e. The minimum absolute atomic E-state index is 0.00732. The topological polar surface area (TPSA) is 119 Å². The fourth-order valence-corrected chi connectivity index (χ4v) is 6.76. The molecule has 2 bridgehead atoms. The molecule has 1 aromatic rings. The van der Waals surface area contributed by atoms with Gasteiger partial charge >= 0.3 is 13.2 Å². The van der Waals surface area contributed by atoms with Crippen LogP contribution in [0, 0.1) is 23.2 Å². The van der Waals surface area contributed by atoms with E-state index in [1.165, 1.54) is 6.92 Å². The van der Waals surface area contributed by atoms with Crippen molar-refractivity contribution in [3.05, 3.63) is 23.9 Å². The Balaban J connectivity index is 1.41. The molecule has 3 saturated carbocycles. The molecule has 1 aliphatic heterocycles. The van der Waals surface area contributed by atoms with E-state index < -0.39 is 42.8 Å². The Bertz CT molecular complexity index is 1040. The molecule has 10 heteroatoms. The summed E-state index contributed by atoms with van der Waals surface area (Å²) in [5.41, 5.74) is 0.648. The third-order valence-electron chi connectivity index (χ3n) is 9.15. The summed E-state index contributed by atoms with van der Waals surface area (Å²) >= 11 is 0. The van der Waals surface area contributed by atoms with Crippen LogP contribution in [-0.4, -0.2) is 59.0 Å². The Kier molecular flexibility index (Phi) is 8.98. The van der Waals surface area contributed by atoms with Crippen molar-refractivity contribution in [2.75, 3.05) is 0 Å². The number of aromatic nitrogens is 1. The molecular weight excluding hydrogens is 497 g/mol. The number of hydrogen-bond acceptors (Lipinski definition) is 7. The lowest BCUT2D eigenvalue weighted by molar-refractivity contribution is -0.199. The molecule has 39 heavy (non-hydrogen) atoms. The van der Waals surface area contributed by atoms with Crippen LogP contribution < -0.4 is 15.4 Å². The van der Waals surface area contributed by atoms with Crippen molar-refractivity contribution in [3.8, 4) is 5.88 Å². The van der Waals surface area contributed by atoms with E-state index in [0.717, 1.165) is 37.8 Å². The largest absolute Gasteiger partial charge is 0.481 e. The summed E-state index contributed by atoms with van der Waals surface area (Å²) in [4.78, 5) is 30.4. The zero-order valence-electron chi connectivity index (χ0n) is 24.5. The number of aliphatic hydroxyl groups excluding tert-OH is 1. The van der Waals surface area contributed by atoms with Crippen LogP contribution in [0.3, 0.4) is 0 Å². The molecule has 2 amide bonds. The average molecular weight is 544 g/mol. The van der Waals surface area contributed by atoms with E-state index in [9.17, 15) is 14.7 Å². The summed E-state index contributed by atoms with van der Waals surface area (Å²) in [6, 6.07) is 4.03. The highest BCUT2D eigenvalue weighted by Crippen LogP contribution is 2.65. The molecule has 4 aliphatic rings. The van der Waals surface area contributed by atoms with Gasteiger partial charge in [-0.15, -0.1) is 0 Å². The van der Waals surface area contributed by atoms with E-state index in [0.29, 0.717) is 18.3 Å². The second kappa shape index (κ2) is 11.7. The molecule has 1 saturated heterocycles. The molecule has 4 fully saturated rings. The Hall–Kier alpha value is -2.17. The molecule has 2 heterocycles. The summed E-state index contributed by atoms with van der Waals surface area (Å²) in [6.07, 6.45) is 3.51. The predicted octanol–water partition coefficient (Wildman–Crippen LogP) is 4.06. The molecule has 7 atom stereocenters. The van der Waals surface area contributed by atoms with Gasteiger partial charge in [0.25, 0.3) is 0 Å². The standard InChI is InChI=1S/C29H46BN3O6/c1-8-9-11-20-12-10-13-24(31-20)37-27(36)33-25(18(4)34)26(35)32-23(14-17(2)3)30-38-22-16-19-15-21(28(19,5)6)29(22,7)39-30/h10,12-13,17-19,21-23,25,34H,8-9,11,14-16H2,1-7H3,(H,32,35)(H,33,36)/t18-,19+,21+,22-,23+,25+,29+/m1/s1. The number of carbonyl (C=O) groups excluding carboxylic acids is 2. The molecule has 9 nitrogen and oxygen atoms in total. The molecule has 0 radical (unpaired) electrons. The first kappa shape index (κ1) is 29.8. The maximum absolute atomic E-state index is 13.4. The highest BCUT2D eigenvalue weighted by atomic mass is 16.7. The van der Waals surface area contributed by atoms with E-state index in [-0.39, 0.29) is 23.3 Å². The number of aliphatic hydroxyl groups is 1. The van der Waals surface area contributed by atoms with Gasteiger partial charge in [0.05, 0.1) is 23.8 Å². The SMILES string of the molecule is CCCCc1cccc(OC(=O)N[C@H](C(=O)N[C@@H](CC(C)C)B2O[C@@H]3C[C@@H]4C[C@@H](C4(C)C)[C@]3(C)O2)[C@@H](C)O)n1. The number of ether oxygens (including phenoxy) is 1. The van der Waals surface area contributed by atoms with Crippen LogP contribution in [0.25, 0.3) is 0 Å². The van der Waals surface area contributed by atoms with Crippen molar-refractivity contribution in [1.29, 1.82) is 0 Å². The van der Waals surface area contributed by atoms with Crippen molar-refractivity contribution in [3.63, 3.8) is 0 Å². The monoisotopic (exact) mass is 543 g/mol.